The fourth-order valence-corrected chi connectivity index (χ4v) is 6.52. The standard InChI is InChI=1S/C29H39NO6S/c1-28(2,3)36-27(32)30-16-14-29(15-17-30)13-12-25-20-24(10-11-26(25)35-29)23-8-6-22(7-9-23)21-37(33,34)19-5-4-18-31/h6-11,20,31H,4-5,12-19,21H2,1-3H3. The molecule has 0 aliphatic carbocycles. The predicted molar refractivity (Wildman–Crippen MR) is 144 cm³/mol. The number of aliphatic hydroxyl groups excluding tert-OH is 1. The van der Waals surface area contributed by atoms with Crippen molar-refractivity contribution in [1.82, 2.24) is 4.90 Å². The molecule has 0 radical (unpaired) electrons. The van der Waals surface area contributed by atoms with Gasteiger partial charge in [-0.2, -0.15) is 0 Å². The quantitative estimate of drug-likeness (QED) is 0.500. The van der Waals surface area contributed by atoms with Crippen LogP contribution in [-0.2, 0) is 26.7 Å². The molecule has 2 aromatic rings. The van der Waals surface area contributed by atoms with Crippen LogP contribution in [0.4, 0.5) is 4.79 Å². The molecule has 7 nitrogen and oxygen atoms in total. The van der Waals surface area contributed by atoms with Crippen molar-refractivity contribution in [1.29, 1.82) is 0 Å². The van der Waals surface area contributed by atoms with Crippen molar-refractivity contribution < 1.29 is 27.8 Å². The van der Waals surface area contributed by atoms with Crippen molar-refractivity contribution in [2.45, 2.75) is 76.3 Å². The van der Waals surface area contributed by atoms with E-state index in [-0.39, 0.29) is 29.8 Å². The fourth-order valence-electron chi connectivity index (χ4n) is 5.03. The highest BCUT2D eigenvalue weighted by Crippen LogP contribution is 2.41. The number of hydrogen-bond acceptors (Lipinski definition) is 6. The number of amides is 1. The molecule has 0 atom stereocenters. The Hall–Kier alpha value is -2.58. The maximum Gasteiger partial charge on any atom is 0.410 e. The third-order valence-electron chi connectivity index (χ3n) is 7.10. The van der Waals surface area contributed by atoms with E-state index >= 15 is 0 Å². The summed E-state index contributed by atoms with van der Waals surface area (Å²) in [5.74, 6) is 1.02. The predicted octanol–water partition coefficient (Wildman–Crippen LogP) is 5.14. The monoisotopic (exact) mass is 529 g/mol. The Morgan fingerprint density at radius 3 is 2.35 bits per heavy atom. The molecular formula is C29H39NO6S. The van der Waals surface area contributed by atoms with Gasteiger partial charge < -0.3 is 19.5 Å². The fraction of sp³-hybridized carbons (Fsp3) is 0.552. The summed E-state index contributed by atoms with van der Waals surface area (Å²) in [6.07, 6.45) is 4.14. The molecule has 2 aliphatic rings. The zero-order valence-electron chi connectivity index (χ0n) is 22.2. The number of rotatable bonds is 7. The third kappa shape index (κ3) is 7.26. The molecule has 2 aliphatic heterocycles. The number of nitrogens with zero attached hydrogens (tertiary/aromatic N) is 1. The number of sulfone groups is 1. The van der Waals surface area contributed by atoms with Gasteiger partial charge in [-0.3, -0.25) is 0 Å². The molecule has 2 heterocycles. The first-order valence-electron chi connectivity index (χ1n) is 13.2. The summed E-state index contributed by atoms with van der Waals surface area (Å²) in [6, 6.07) is 13.9. The molecule has 1 spiro atoms. The molecule has 1 amide bonds. The minimum Gasteiger partial charge on any atom is -0.487 e. The number of unbranched alkanes of at least 4 members (excludes halogenated alkanes) is 1. The van der Waals surface area contributed by atoms with Gasteiger partial charge >= 0.3 is 6.09 Å². The lowest BCUT2D eigenvalue weighted by atomic mass is 9.82. The maximum absolute atomic E-state index is 12.4. The van der Waals surface area contributed by atoms with E-state index in [0.29, 0.717) is 25.9 Å². The Labute approximate surface area is 220 Å². The molecule has 4 rings (SSSR count). The van der Waals surface area contributed by atoms with E-state index in [1.165, 1.54) is 5.56 Å². The molecule has 37 heavy (non-hydrogen) atoms. The highest BCUT2D eigenvalue weighted by atomic mass is 32.2. The van der Waals surface area contributed by atoms with Gasteiger partial charge in [0, 0.05) is 32.5 Å². The highest BCUT2D eigenvalue weighted by molar-refractivity contribution is 7.90. The van der Waals surface area contributed by atoms with Crippen molar-refractivity contribution >= 4 is 15.9 Å². The van der Waals surface area contributed by atoms with Crippen molar-refractivity contribution in [3.63, 3.8) is 0 Å². The lowest BCUT2D eigenvalue weighted by Crippen LogP contribution is -2.52. The number of likely N-dealkylation sites (tertiary alicyclic amines) is 1. The van der Waals surface area contributed by atoms with Crippen LogP contribution in [0, 0.1) is 0 Å². The second-order valence-electron chi connectivity index (χ2n) is 11.3. The summed E-state index contributed by atoms with van der Waals surface area (Å²) < 4.78 is 36.7. The summed E-state index contributed by atoms with van der Waals surface area (Å²) in [4.78, 5) is 14.2. The minimum absolute atomic E-state index is 0.0176. The topological polar surface area (TPSA) is 93.1 Å². The van der Waals surface area contributed by atoms with Crippen molar-refractivity contribution in [3.05, 3.63) is 53.6 Å². The third-order valence-corrected chi connectivity index (χ3v) is 8.78. The van der Waals surface area contributed by atoms with Gasteiger partial charge in [-0.25, -0.2) is 13.2 Å². The van der Waals surface area contributed by atoms with Crippen molar-refractivity contribution in [2.75, 3.05) is 25.4 Å². The van der Waals surface area contributed by atoms with Crippen LogP contribution in [0.1, 0.15) is 64.0 Å². The molecule has 1 N–H and O–H groups in total. The normalized spacial score (nSPS) is 17.2. The van der Waals surface area contributed by atoms with Gasteiger partial charge in [0.2, 0.25) is 0 Å². The zero-order chi connectivity index (χ0) is 26.7. The van der Waals surface area contributed by atoms with Gasteiger partial charge in [-0.05, 0) is 80.8 Å². The Morgan fingerprint density at radius 2 is 1.70 bits per heavy atom. The minimum atomic E-state index is -3.18. The van der Waals surface area contributed by atoms with Gasteiger partial charge in [-0.15, -0.1) is 0 Å². The zero-order valence-corrected chi connectivity index (χ0v) is 23.0. The summed E-state index contributed by atoms with van der Waals surface area (Å²) in [5, 5.41) is 8.87. The van der Waals surface area contributed by atoms with Crippen LogP contribution in [0.3, 0.4) is 0 Å². The molecule has 2 aromatic carbocycles. The van der Waals surface area contributed by atoms with Gasteiger partial charge in [0.15, 0.2) is 9.84 Å². The lowest BCUT2D eigenvalue weighted by Gasteiger charge is -2.44. The first kappa shape index (κ1) is 27.5. The van der Waals surface area contributed by atoms with Crippen molar-refractivity contribution in [3.8, 4) is 16.9 Å². The maximum atomic E-state index is 12.4. The van der Waals surface area contributed by atoms with E-state index in [4.69, 9.17) is 14.6 Å². The van der Waals surface area contributed by atoms with Crippen LogP contribution in [0.15, 0.2) is 42.5 Å². The van der Waals surface area contributed by atoms with E-state index in [9.17, 15) is 13.2 Å². The number of carbonyl (C=O) groups is 1. The molecule has 202 valence electrons. The molecule has 1 saturated heterocycles. The molecule has 1 fully saturated rings. The summed E-state index contributed by atoms with van der Waals surface area (Å²) in [5.41, 5.74) is 3.33. The molecular weight excluding hydrogens is 490 g/mol. The van der Waals surface area contributed by atoms with Gasteiger partial charge in [0.1, 0.15) is 17.0 Å². The second kappa shape index (κ2) is 11.0. The van der Waals surface area contributed by atoms with Crippen LogP contribution in [0.25, 0.3) is 11.1 Å². The SMILES string of the molecule is CC(C)(C)OC(=O)N1CCC2(CCc3cc(-c4ccc(CS(=O)(=O)CCCCO)cc4)ccc3O2)CC1. The number of ether oxygens (including phenoxy) is 2. The van der Waals surface area contributed by atoms with E-state index < -0.39 is 15.4 Å². The van der Waals surface area contributed by atoms with Gasteiger partial charge in [0.25, 0.3) is 0 Å². The Morgan fingerprint density at radius 1 is 1.03 bits per heavy atom. The van der Waals surface area contributed by atoms with Gasteiger partial charge in [-0.1, -0.05) is 30.3 Å². The largest absolute Gasteiger partial charge is 0.487 e. The molecule has 0 saturated carbocycles. The van der Waals surface area contributed by atoms with E-state index in [1.54, 1.807) is 4.90 Å². The number of benzene rings is 2. The first-order valence-corrected chi connectivity index (χ1v) is 15.0. The highest BCUT2D eigenvalue weighted by Gasteiger charge is 2.41. The van der Waals surface area contributed by atoms with Crippen molar-refractivity contribution in [2.24, 2.45) is 0 Å². The summed E-state index contributed by atoms with van der Waals surface area (Å²) in [6.45, 7) is 6.93. The molecule has 0 unspecified atom stereocenters. The Balaban J connectivity index is 1.37. The number of piperidine rings is 1. The van der Waals surface area contributed by atoms with Crippen LogP contribution < -0.4 is 4.74 Å². The van der Waals surface area contributed by atoms with E-state index in [2.05, 4.69) is 6.07 Å². The van der Waals surface area contributed by atoms with Crippen LogP contribution in [0.5, 0.6) is 5.75 Å². The average Bonchev–Trinajstić information content (AvgIpc) is 2.83. The number of aliphatic hydroxyl groups is 1. The number of aryl methyl sites for hydroxylation is 1. The second-order valence-corrected chi connectivity index (χ2v) is 13.5. The number of hydrogen-bond donors (Lipinski definition) is 1. The molecule has 0 aromatic heterocycles. The number of fused-ring (bicyclic) bond motifs is 1. The summed E-state index contributed by atoms with van der Waals surface area (Å²) >= 11 is 0. The first-order chi connectivity index (χ1) is 17.5. The number of carbonyl (C=O) groups excluding carboxylic acids is 1. The van der Waals surface area contributed by atoms with E-state index in [0.717, 1.165) is 48.1 Å². The van der Waals surface area contributed by atoms with E-state index in [1.807, 2.05) is 57.2 Å². The molecule has 8 heteroatoms. The Bertz CT molecular complexity index is 1190. The van der Waals surface area contributed by atoms with Gasteiger partial charge in [0.05, 0.1) is 11.5 Å². The molecule has 0 bridgehead atoms. The summed E-state index contributed by atoms with van der Waals surface area (Å²) in [7, 11) is -3.18. The van der Waals surface area contributed by atoms with Crippen LogP contribution >= 0.6 is 0 Å². The Kier molecular flexibility index (Phi) is 8.19. The van der Waals surface area contributed by atoms with Crippen LogP contribution in [0.2, 0.25) is 0 Å². The van der Waals surface area contributed by atoms with Crippen LogP contribution in [-0.4, -0.2) is 61.2 Å². The lowest BCUT2D eigenvalue weighted by molar-refractivity contribution is -0.0272. The average molecular weight is 530 g/mol. The smallest absolute Gasteiger partial charge is 0.410 e.